The van der Waals surface area contributed by atoms with Gasteiger partial charge in [-0.15, -0.1) is 0 Å². The number of hydrogen-bond acceptors (Lipinski definition) is 4. The molecule has 0 spiro atoms. The molecular formula is C23H32ClN5. The Balaban J connectivity index is 0.00000240. The highest BCUT2D eigenvalue weighted by molar-refractivity contribution is 6.30. The van der Waals surface area contributed by atoms with Crippen LogP contribution in [0.3, 0.4) is 0 Å². The van der Waals surface area contributed by atoms with Crippen molar-refractivity contribution in [1.29, 1.82) is 0 Å². The summed E-state index contributed by atoms with van der Waals surface area (Å²) in [6.07, 6.45) is 5.69. The van der Waals surface area contributed by atoms with E-state index in [0.717, 1.165) is 57.6 Å². The Kier molecular flexibility index (Phi) is 6.47. The van der Waals surface area contributed by atoms with Crippen LogP contribution < -0.4 is 4.90 Å². The van der Waals surface area contributed by atoms with Gasteiger partial charge in [0.2, 0.25) is 0 Å². The Labute approximate surface area is 179 Å². The Morgan fingerprint density at radius 2 is 1.83 bits per heavy atom. The molecule has 6 heteroatoms. The van der Waals surface area contributed by atoms with Crippen molar-refractivity contribution in [3.8, 4) is 5.69 Å². The molecule has 4 rings (SSSR count). The minimum atomic E-state index is 0. The van der Waals surface area contributed by atoms with E-state index in [2.05, 4.69) is 25.7 Å². The number of aryl methyl sites for hydroxylation is 2. The third-order valence-electron chi connectivity index (χ3n) is 5.63. The van der Waals surface area contributed by atoms with Gasteiger partial charge in [-0.25, -0.2) is 14.6 Å². The summed E-state index contributed by atoms with van der Waals surface area (Å²) in [6, 6.07) is 6.44. The molecule has 1 aromatic carbocycles. The summed E-state index contributed by atoms with van der Waals surface area (Å²) in [5.74, 6) is 1.86. The van der Waals surface area contributed by atoms with E-state index in [0.29, 0.717) is 6.04 Å². The summed E-state index contributed by atoms with van der Waals surface area (Å²) >= 11 is 6.17. The van der Waals surface area contributed by atoms with E-state index in [1.54, 1.807) is 0 Å². The summed E-state index contributed by atoms with van der Waals surface area (Å²) in [4.78, 5) is 12.2. The fraction of sp³-hybridized carbons (Fsp3) is 0.522. The maximum atomic E-state index is 6.17. The van der Waals surface area contributed by atoms with Crippen LogP contribution in [0.4, 0.5) is 5.82 Å². The smallest absolute Gasteiger partial charge is 0.169 e. The monoisotopic (exact) mass is 413 g/mol. The zero-order chi connectivity index (χ0) is 19.8. The second kappa shape index (κ2) is 8.70. The molecule has 5 nitrogen and oxygen atoms in total. The summed E-state index contributed by atoms with van der Waals surface area (Å²) in [5, 5.41) is 6.80. The van der Waals surface area contributed by atoms with Crippen LogP contribution in [-0.4, -0.2) is 32.3 Å². The molecule has 0 atom stereocenters. The van der Waals surface area contributed by atoms with E-state index in [-0.39, 0.29) is 7.43 Å². The summed E-state index contributed by atoms with van der Waals surface area (Å²) < 4.78 is 1.98. The van der Waals surface area contributed by atoms with E-state index in [4.69, 9.17) is 26.7 Å². The lowest BCUT2D eigenvalue weighted by Crippen LogP contribution is -2.39. The molecule has 0 aliphatic carbocycles. The zero-order valence-corrected chi connectivity index (χ0v) is 17.9. The SMILES string of the molecule is C.CCCC(CCC)N1CCc2nn(-c3ccc(Cl)cc3C)c3nc(C)nc1c23. The van der Waals surface area contributed by atoms with Gasteiger partial charge in [0.05, 0.1) is 16.8 Å². The van der Waals surface area contributed by atoms with Crippen LogP contribution in [-0.2, 0) is 6.42 Å². The molecule has 0 bridgehead atoms. The maximum absolute atomic E-state index is 6.17. The van der Waals surface area contributed by atoms with Crippen molar-refractivity contribution >= 4 is 28.5 Å². The first kappa shape index (κ1) is 21.6. The van der Waals surface area contributed by atoms with Crippen LogP contribution >= 0.6 is 11.6 Å². The van der Waals surface area contributed by atoms with Gasteiger partial charge in [-0.05, 0) is 50.5 Å². The van der Waals surface area contributed by atoms with E-state index in [1.165, 1.54) is 25.7 Å². The maximum Gasteiger partial charge on any atom is 0.169 e. The largest absolute Gasteiger partial charge is 0.353 e. The molecule has 0 amide bonds. The number of aromatic nitrogens is 4. The Hall–Kier alpha value is -2.14. The number of benzene rings is 1. The molecule has 29 heavy (non-hydrogen) atoms. The number of halogens is 1. The van der Waals surface area contributed by atoms with Gasteiger partial charge in [0.25, 0.3) is 0 Å². The van der Waals surface area contributed by atoms with Crippen molar-refractivity contribution < 1.29 is 0 Å². The van der Waals surface area contributed by atoms with Crippen molar-refractivity contribution in [3.63, 3.8) is 0 Å². The Bertz CT molecular complexity index is 1000. The van der Waals surface area contributed by atoms with E-state index >= 15 is 0 Å². The number of anilines is 1. The highest BCUT2D eigenvalue weighted by atomic mass is 35.5. The quantitative estimate of drug-likeness (QED) is 0.493. The van der Waals surface area contributed by atoms with Crippen molar-refractivity contribution in [2.24, 2.45) is 0 Å². The summed E-state index contributed by atoms with van der Waals surface area (Å²) in [6.45, 7) is 9.54. The first-order chi connectivity index (χ1) is 13.5. The fourth-order valence-corrected chi connectivity index (χ4v) is 4.62. The second-order valence-corrected chi connectivity index (χ2v) is 8.19. The van der Waals surface area contributed by atoms with Gasteiger partial charge in [0.15, 0.2) is 5.65 Å². The molecule has 1 aliphatic heterocycles. The standard InChI is InChI=1S/C22H28ClN5.CH4/c1-5-7-17(8-6-2)27-12-11-18-20-21(27)24-15(4)25-22(20)28(26-18)19-10-9-16(23)13-14(19)3;/h9-10,13,17H,5-8,11-12H2,1-4H3;1H4. The van der Waals surface area contributed by atoms with E-state index < -0.39 is 0 Å². The molecule has 156 valence electrons. The van der Waals surface area contributed by atoms with Gasteiger partial charge in [0, 0.05) is 24.0 Å². The predicted molar refractivity (Wildman–Crippen MR) is 123 cm³/mol. The zero-order valence-electron chi connectivity index (χ0n) is 17.2. The molecule has 0 fully saturated rings. The molecule has 0 saturated heterocycles. The third-order valence-corrected chi connectivity index (χ3v) is 5.86. The molecule has 0 saturated carbocycles. The molecule has 1 aliphatic rings. The average molecular weight is 414 g/mol. The molecular weight excluding hydrogens is 382 g/mol. The van der Waals surface area contributed by atoms with Crippen molar-refractivity contribution in [3.05, 3.63) is 40.3 Å². The minimum Gasteiger partial charge on any atom is -0.353 e. The highest BCUT2D eigenvalue weighted by Gasteiger charge is 2.30. The van der Waals surface area contributed by atoms with Gasteiger partial charge >= 0.3 is 0 Å². The van der Waals surface area contributed by atoms with Crippen LogP contribution in [0.15, 0.2) is 18.2 Å². The highest BCUT2D eigenvalue weighted by Crippen LogP contribution is 2.36. The van der Waals surface area contributed by atoms with Crippen molar-refractivity contribution in [2.45, 2.75) is 73.3 Å². The van der Waals surface area contributed by atoms with Crippen LogP contribution in [0.25, 0.3) is 16.7 Å². The van der Waals surface area contributed by atoms with Crippen LogP contribution in [0.1, 0.15) is 64.0 Å². The van der Waals surface area contributed by atoms with Crippen LogP contribution in [0.5, 0.6) is 0 Å². The van der Waals surface area contributed by atoms with Crippen molar-refractivity contribution in [1.82, 2.24) is 19.7 Å². The van der Waals surface area contributed by atoms with Gasteiger partial charge in [-0.3, -0.25) is 0 Å². The number of nitrogens with zero attached hydrogens (tertiary/aromatic N) is 5. The average Bonchev–Trinajstić information content (AvgIpc) is 3.01. The Morgan fingerprint density at radius 1 is 1.10 bits per heavy atom. The predicted octanol–water partition coefficient (Wildman–Crippen LogP) is 6.05. The lowest BCUT2D eigenvalue weighted by molar-refractivity contribution is 0.497. The summed E-state index contributed by atoms with van der Waals surface area (Å²) in [5.41, 5.74) is 4.12. The molecule has 3 heterocycles. The number of hydrogen-bond donors (Lipinski definition) is 0. The Morgan fingerprint density at radius 3 is 2.48 bits per heavy atom. The summed E-state index contributed by atoms with van der Waals surface area (Å²) in [7, 11) is 0. The topological polar surface area (TPSA) is 46.8 Å². The number of rotatable bonds is 6. The van der Waals surface area contributed by atoms with Crippen LogP contribution in [0.2, 0.25) is 5.02 Å². The van der Waals surface area contributed by atoms with Gasteiger partial charge < -0.3 is 4.90 Å². The van der Waals surface area contributed by atoms with Crippen LogP contribution in [0, 0.1) is 13.8 Å². The molecule has 2 aromatic heterocycles. The second-order valence-electron chi connectivity index (χ2n) is 7.76. The molecule has 0 N–H and O–H groups in total. The van der Waals surface area contributed by atoms with E-state index in [9.17, 15) is 0 Å². The molecule has 0 radical (unpaired) electrons. The minimum absolute atomic E-state index is 0. The normalized spacial score (nSPS) is 13.2. The lowest BCUT2D eigenvalue weighted by Gasteiger charge is -2.35. The van der Waals surface area contributed by atoms with Gasteiger partial charge in [-0.1, -0.05) is 45.7 Å². The first-order valence-electron chi connectivity index (χ1n) is 10.3. The first-order valence-corrected chi connectivity index (χ1v) is 10.7. The van der Waals surface area contributed by atoms with Crippen molar-refractivity contribution in [2.75, 3.05) is 11.4 Å². The third kappa shape index (κ3) is 3.85. The lowest BCUT2D eigenvalue weighted by atomic mass is 10.0. The molecule has 3 aromatic rings. The van der Waals surface area contributed by atoms with Gasteiger partial charge in [0.1, 0.15) is 11.6 Å². The fourth-order valence-electron chi connectivity index (χ4n) is 4.39. The van der Waals surface area contributed by atoms with Gasteiger partial charge in [-0.2, -0.15) is 5.10 Å². The molecule has 0 unspecified atom stereocenters. The van der Waals surface area contributed by atoms with E-state index in [1.807, 2.05) is 29.8 Å².